The minimum absolute atomic E-state index is 0.281. The first kappa shape index (κ1) is 21.3. The molecular weight excluding hydrogens is 307 g/mol. The second kappa shape index (κ2) is 12.8. The average Bonchev–Trinajstić information content (AvgIpc) is 2.40. The molecule has 0 amide bonds. The third kappa shape index (κ3) is 14.3. The maximum atomic E-state index is 11.3. The molecule has 0 aliphatic heterocycles. The van der Waals surface area contributed by atoms with E-state index in [1.165, 1.54) is 37.8 Å². The van der Waals surface area contributed by atoms with E-state index >= 15 is 0 Å². The molecule has 6 nitrogen and oxygen atoms in total. The Morgan fingerprint density at radius 1 is 1.09 bits per heavy atom. The summed E-state index contributed by atoms with van der Waals surface area (Å²) >= 11 is 0. The summed E-state index contributed by atoms with van der Waals surface area (Å²) in [6, 6.07) is 0. The summed E-state index contributed by atoms with van der Waals surface area (Å²) in [5, 5.41) is 0. The van der Waals surface area contributed by atoms with Crippen LogP contribution < -0.4 is 0 Å². The third-order valence-electron chi connectivity index (χ3n) is 3.10. The molecule has 22 heavy (non-hydrogen) atoms. The van der Waals surface area contributed by atoms with Gasteiger partial charge in [0.2, 0.25) is 6.29 Å². The maximum absolute atomic E-state index is 11.3. The minimum Gasteiger partial charge on any atom is -0.432 e. The highest BCUT2D eigenvalue weighted by molar-refractivity contribution is 7.46. The van der Waals surface area contributed by atoms with Crippen LogP contribution in [0.25, 0.3) is 0 Å². The van der Waals surface area contributed by atoms with Crippen molar-refractivity contribution in [1.29, 1.82) is 0 Å². The summed E-state index contributed by atoms with van der Waals surface area (Å²) in [7, 11) is -4.67. The molecule has 7 heteroatoms. The van der Waals surface area contributed by atoms with Gasteiger partial charge in [0.25, 0.3) is 0 Å². The van der Waals surface area contributed by atoms with Crippen molar-refractivity contribution in [3.63, 3.8) is 0 Å². The van der Waals surface area contributed by atoms with Gasteiger partial charge in [-0.1, -0.05) is 57.9 Å². The Morgan fingerprint density at radius 2 is 1.64 bits per heavy atom. The van der Waals surface area contributed by atoms with Gasteiger partial charge in [-0.3, -0.25) is 0 Å². The molecule has 2 N–H and O–H groups in total. The Labute approximate surface area is 133 Å². The van der Waals surface area contributed by atoms with Crippen LogP contribution in [-0.4, -0.2) is 22.0 Å². The van der Waals surface area contributed by atoms with Crippen LogP contribution in [0.15, 0.2) is 12.2 Å². The van der Waals surface area contributed by atoms with Crippen LogP contribution >= 0.6 is 7.82 Å². The molecule has 0 fully saturated rings. The van der Waals surface area contributed by atoms with Crippen LogP contribution in [0.5, 0.6) is 0 Å². The van der Waals surface area contributed by atoms with Crippen molar-refractivity contribution in [3.05, 3.63) is 12.2 Å². The molecule has 0 aromatic heterocycles. The Hall–Kier alpha value is -0.680. The Kier molecular flexibility index (Phi) is 12.4. The second-order valence-electron chi connectivity index (χ2n) is 5.23. The summed E-state index contributed by atoms with van der Waals surface area (Å²) in [6.45, 7) is 3.83. The largest absolute Gasteiger partial charge is 0.472 e. The number of phosphoric ester groups is 1. The Bertz CT molecular complexity index is 363. The number of hydrogen-bond acceptors (Lipinski definition) is 4. The fraction of sp³-hybridized carbons (Fsp3) is 0.800. The summed E-state index contributed by atoms with van der Waals surface area (Å²) in [4.78, 5) is 29.0. The lowest BCUT2D eigenvalue weighted by atomic mass is 10.1. The molecule has 0 spiro atoms. The number of carbonyl (C=O) groups excluding carboxylic acids is 1. The average molecular weight is 336 g/mol. The number of unbranched alkanes of at least 4 members (excludes halogenated alkanes) is 7. The molecule has 0 saturated carbocycles. The summed E-state index contributed by atoms with van der Waals surface area (Å²) in [5.74, 6) is -0.666. The third-order valence-corrected chi connectivity index (χ3v) is 3.61. The van der Waals surface area contributed by atoms with Crippen molar-refractivity contribution >= 4 is 13.8 Å². The number of carbonyl (C=O) groups is 1. The van der Waals surface area contributed by atoms with Crippen molar-refractivity contribution < 1.29 is 28.4 Å². The van der Waals surface area contributed by atoms with Crippen molar-refractivity contribution in [2.45, 2.75) is 77.9 Å². The van der Waals surface area contributed by atoms with Crippen molar-refractivity contribution in [2.75, 3.05) is 0 Å². The van der Waals surface area contributed by atoms with Gasteiger partial charge in [-0.05, 0) is 13.3 Å². The number of rotatable bonds is 13. The lowest BCUT2D eigenvalue weighted by molar-refractivity contribution is -0.160. The highest BCUT2D eigenvalue weighted by Crippen LogP contribution is 2.38. The molecule has 0 radical (unpaired) electrons. The summed E-state index contributed by atoms with van der Waals surface area (Å²) in [6.07, 6.45) is 10.5. The van der Waals surface area contributed by atoms with Gasteiger partial charge < -0.3 is 14.5 Å². The van der Waals surface area contributed by atoms with E-state index in [4.69, 9.17) is 14.5 Å². The minimum atomic E-state index is -4.67. The predicted octanol–water partition coefficient (Wildman–Crippen LogP) is 4.07. The number of ether oxygens (including phenoxy) is 1. The second-order valence-corrected chi connectivity index (χ2v) is 6.42. The maximum Gasteiger partial charge on any atom is 0.472 e. The van der Waals surface area contributed by atoms with Crippen LogP contribution in [0.2, 0.25) is 0 Å². The zero-order valence-corrected chi connectivity index (χ0v) is 14.5. The van der Waals surface area contributed by atoms with Gasteiger partial charge in [-0.25, -0.2) is 13.9 Å². The van der Waals surface area contributed by atoms with E-state index in [9.17, 15) is 9.36 Å². The Balaban J connectivity index is 3.98. The van der Waals surface area contributed by atoms with Crippen molar-refractivity contribution in [3.8, 4) is 0 Å². The van der Waals surface area contributed by atoms with E-state index < -0.39 is 20.1 Å². The highest BCUT2D eigenvalue weighted by atomic mass is 31.2. The quantitative estimate of drug-likeness (QED) is 0.173. The number of hydrogen-bond donors (Lipinski definition) is 2. The van der Waals surface area contributed by atoms with E-state index in [2.05, 4.69) is 11.4 Å². The molecule has 1 unspecified atom stereocenters. The van der Waals surface area contributed by atoms with E-state index in [1.54, 1.807) is 6.92 Å². The van der Waals surface area contributed by atoms with Gasteiger partial charge in [0.05, 0.1) is 0 Å². The number of allylic oxidation sites excluding steroid dienone is 1. The first-order chi connectivity index (χ1) is 10.4. The first-order valence-electron chi connectivity index (χ1n) is 7.96. The predicted molar refractivity (Wildman–Crippen MR) is 85.1 cm³/mol. The molecule has 0 aliphatic rings. The van der Waals surface area contributed by atoms with E-state index in [0.717, 1.165) is 19.3 Å². The van der Waals surface area contributed by atoms with Crippen LogP contribution in [0.1, 0.15) is 71.6 Å². The molecule has 0 aromatic carbocycles. The van der Waals surface area contributed by atoms with Gasteiger partial charge >= 0.3 is 13.8 Å². The van der Waals surface area contributed by atoms with Crippen LogP contribution in [-0.2, 0) is 18.6 Å². The van der Waals surface area contributed by atoms with Gasteiger partial charge in [0.1, 0.15) is 0 Å². The molecular formula is C15H29O6P. The fourth-order valence-corrected chi connectivity index (χ4v) is 2.49. The normalized spacial score (nSPS) is 13.5. The van der Waals surface area contributed by atoms with E-state index in [0.29, 0.717) is 6.42 Å². The molecule has 0 saturated heterocycles. The molecule has 0 aliphatic carbocycles. The molecule has 0 heterocycles. The smallest absolute Gasteiger partial charge is 0.432 e. The SMILES string of the molecule is CC=CC(=O)OC(CCCCCCCCCC)OP(=O)(O)O. The number of phosphoric acid groups is 1. The summed E-state index contributed by atoms with van der Waals surface area (Å²) < 4.78 is 20.3. The molecule has 0 bridgehead atoms. The van der Waals surface area contributed by atoms with E-state index in [-0.39, 0.29) is 6.42 Å². The standard InChI is InChI=1S/C15H29O6P/c1-3-5-6-7-8-9-10-11-13-15(21-22(17,18)19)20-14(16)12-4-2/h4,12,15H,3,5-11,13H2,1-2H3,(H2,17,18,19). The summed E-state index contributed by atoms with van der Waals surface area (Å²) in [5.41, 5.74) is 0. The van der Waals surface area contributed by atoms with Gasteiger partial charge in [0.15, 0.2) is 0 Å². The zero-order chi connectivity index (χ0) is 16.8. The zero-order valence-electron chi connectivity index (χ0n) is 13.6. The van der Waals surface area contributed by atoms with Gasteiger partial charge in [-0.15, -0.1) is 0 Å². The molecule has 1 atom stereocenters. The van der Waals surface area contributed by atoms with Crippen molar-refractivity contribution in [1.82, 2.24) is 0 Å². The highest BCUT2D eigenvalue weighted by Gasteiger charge is 2.24. The van der Waals surface area contributed by atoms with Gasteiger partial charge in [0, 0.05) is 12.5 Å². The van der Waals surface area contributed by atoms with Crippen LogP contribution in [0.3, 0.4) is 0 Å². The first-order valence-corrected chi connectivity index (χ1v) is 9.49. The number of esters is 1. The molecule has 130 valence electrons. The molecule has 0 rings (SSSR count). The topological polar surface area (TPSA) is 93.1 Å². The van der Waals surface area contributed by atoms with Crippen LogP contribution in [0, 0.1) is 0 Å². The Morgan fingerprint density at radius 3 is 2.14 bits per heavy atom. The molecule has 0 aromatic rings. The van der Waals surface area contributed by atoms with Gasteiger partial charge in [-0.2, -0.15) is 0 Å². The monoisotopic (exact) mass is 336 g/mol. The lowest BCUT2D eigenvalue weighted by Crippen LogP contribution is -2.19. The van der Waals surface area contributed by atoms with Crippen molar-refractivity contribution in [2.24, 2.45) is 0 Å². The fourth-order valence-electron chi connectivity index (χ4n) is 2.04. The lowest BCUT2D eigenvalue weighted by Gasteiger charge is -2.17. The van der Waals surface area contributed by atoms with Crippen LogP contribution in [0.4, 0.5) is 0 Å². The van der Waals surface area contributed by atoms with E-state index in [1.807, 2.05) is 0 Å².